The van der Waals surface area contributed by atoms with Gasteiger partial charge in [-0.05, 0) is 6.42 Å². The lowest BCUT2D eigenvalue weighted by atomic mass is 10.4. The lowest BCUT2D eigenvalue weighted by molar-refractivity contribution is -0.119. The summed E-state index contributed by atoms with van der Waals surface area (Å²) in [6.07, 6.45) is 3.66. The average Bonchev–Trinajstić information content (AvgIpc) is 2.87. The molecule has 104 valence electrons. The van der Waals surface area contributed by atoms with Crippen LogP contribution in [0.15, 0.2) is 12.7 Å². The molecular formula is C10H13N9O. The number of carbonyl (C=O) groups excluding carboxylic acids is 1. The molecule has 0 unspecified atom stereocenters. The molecule has 3 heterocycles. The van der Waals surface area contributed by atoms with Crippen LogP contribution in [0.1, 0.15) is 6.42 Å². The van der Waals surface area contributed by atoms with E-state index in [4.69, 9.17) is 5.73 Å². The number of amides is 1. The summed E-state index contributed by atoms with van der Waals surface area (Å²) in [5, 5.41) is 6.74. The molecule has 0 radical (unpaired) electrons. The van der Waals surface area contributed by atoms with Gasteiger partial charge in [0.05, 0.1) is 6.54 Å². The Balaban J connectivity index is 1.94. The second kappa shape index (κ2) is 5.07. The van der Waals surface area contributed by atoms with Gasteiger partial charge in [0.1, 0.15) is 12.7 Å². The van der Waals surface area contributed by atoms with E-state index in [1.165, 1.54) is 17.3 Å². The Labute approximate surface area is 114 Å². The van der Waals surface area contributed by atoms with E-state index in [-0.39, 0.29) is 24.3 Å². The van der Waals surface area contributed by atoms with E-state index in [1.807, 2.05) is 0 Å². The van der Waals surface area contributed by atoms with Crippen molar-refractivity contribution >= 4 is 17.8 Å². The molecule has 3 rings (SSSR count). The number of hydrogen-bond donors (Lipinski definition) is 2. The Morgan fingerprint density at radius 3 is 2.90 bits per heavy atom. The van der Waals surface area contributed by atoms with Crippen molar-refractivity contribution in [3.63, 3.8) is 0 Å². The Hall–Kier alpha value is -2.78. The van der Waals surface area contributed by atoms with E-state index in [2.05, 4.69) is 30.4 Å². The molecule has 3 N–H and O–H groups in total. The molecule has 1 amide bonds. The van der Waals surface area contributed by atoms with Crippen molar-refractivity contribution in [2.24, 2.45) is 0 Å². The molecule has 20 heavy (non-hydrogen) atoms. The van der Waals surface area contributed by atoms with Crippen molar-refractivity contribution < 1.29 is 4.79 Å². The summed E-state index contributed by atoms with van der Waals surface area (Å²) < 4.78 is 1.39. The first kappa shape index (κ1) is 12.3. The van der Waals surface area contributed by atoms with Crippen molar-refractivity contribution in [1.82, 2.24) is 35.0 Å². The van der Waals surface area contributed by atoms with Crippen LogP contribution in [0, 0.1) is 0 Å². The summed E-state index contributed by atoms with van der Waals surface area (Å²) in [5.41, 5.74) is 5.69. The lowest BCUT2D eigenvalue weighted by Gasteiger charge is -2.19. The van der Waals surface area contributed by atoms with Gasteiger partial charge in [0, 0.05) is 13.1 Å². The number of carbonyl (C=O) groups is 1. The fraction of sp³-hybridized carbons (Fsp3) is 0.400. The van der Waals surface area contributed by atoms with Gasteiger partial charge in [-0.15, -0.1) is 0 Å². The van der Waals surface area contributed by atoms with Gasteiger partial charge in [-0.25, -0.2) is 4.98 Å². The first-order valence-corrected chi connectivity index (χ1v) is 6.10. The maximum atomic E-state index is 11.6. The van der Waals surface area contributed by atoms with Crippen molar-refractivity contribution in [2.45, 2.75) is 6.42 Å². The molecule has 10 heteroatoms. The fourth-order valence-corrected chi connectivity index (χ4v) is 1.90. The number of nitrogens with one attached hydrogen (secondary N) is 1. The van der Waals surface area contributed by atoms with E-state index in [1.54, 1.807) is 4.90 Å². The van der Waals surface area contributed by atoms with Crippen molar-refractivity contribution in [2.75, 3.05) is 30.3 Å². The molecule has 0 atom stereocenters. The first-order chi connectivity index (χ1) is 9.72. The van der Waals surface area contributed by atoms with Gasteiger partial charge < -0.3 is 16.0 Å². The molecule has 1 fully saturated rings. The summed E-state index contributed by atoms with van der Waals surface area (Å²) in [6, 6.07) is 0. The predicted molar refractivity (Wildman–Crippen MR) is 69.0 cm³/mol. The smallest absolute Gasteiger partial charge is 0.258 e. The van der Waals surface area contributed by atoms with E-state index >= 15 is 0 Å². The Bertz CT molecular complexity index is 611. The van der Waals surface area contributed by atoms with Crippen LogP contribution < -0.4 is 16.0 Å². The molecule has 1 aliphatic heterocycles. The van der Waals surface area contributed by atoms with Gasteiger partial charge >= 0.3 is 0 Å². The first-order valence-electron chi connectivity index (χ1n) is 6.10. The molecule has 0 aromatic carbocycles. The molecular weight excluding hydrogens is 262 g/mol. The van der Waals surface area contributed by atoms with Crippen LogP contribution in [0.4, 0.5) is 11.9 Å². The highest BCUT2D eigenvalue weighted by molar-refractivity contribution is 5.81. The summed E-state index contributed by atoms with van der Waals surface area (Å²) in [6.45, 7) is 1.51. The summed E-state index contributed by atoms with van der Waals surface area (Å²) >= 11 is 0. The highest BCUT2D eigenvalue weighted by atomic mass is 16.2. The Morgan fingerprint density at radius 1 is 1.25 bits per heavy atom. The van der Waals surface area contributed by atoms with Gasteiger partial charge in [0.2, 0.25) is 17.8 Å². The molecule has 0 bridgehead atoms. The van der Waals surface area contributed by atoms with Crippen LogP contribution >= 0.6 is 0 Å². The number of nitrogen functional groups attached to an aromatic ring is 1. The van der Waals surface area contributed by atoms with Crippen molar-refractivity contribution in [1.29, 1.82) is 0 Å². The lowest BCUT2D eigenvalue weighted by Crippen LogP contribution is -2.34. The van der Waals surface area contributed by atoms with Crippen LogP contribution in [0.3, 0.4) is 0 Å². The Morgan fingerprint density at radius 2 is 2.10 bits per heavy atom. The molecule has 10 nitrogen and oxygen atoms in total. The molecule has 0 saturated carbocycles. The third-order valence-electron chi connectivity index (χ3n) is 2.80. The zero-order valence-electron chi connectivity index (χ0n) is 10.6. The Kier molecular flexibility index (Phi) is 3.11. The molecule has 1 saturated heterocycles. The summed E-state index contributed by atoms with van der Waals surface area (Å²) in [4.78, 5) is 29.5. The normalized spacial score (nSPS) is 15.8. The summed E-state index contributed by atoms with van der Waals surface area (Å²) in [7, 11) is 0. The van der Waals surface area contributed by atoms with E-state index in [0.717, 1.165) is 6.42 Å². The van der Waals surface area contributed by atoms with Gasteiger partial charge in [-0.1, -0.05) is 0 Å². The van der Waals surface area contributed by atoms with Crippen molar-refractivity contribution in [3.05, 3.63) is 12.7 Å². The van der Waals surface area contributed by atoms with Gasteiger partial charge in [-0.3, -0.25) is 4.79 Å². The van der Waals surface area contributed by atoms with E-state index < -0.39 is 0 Å². The number of aromatic nitrogens is 6. The molecule has 0 spiro atoms. The quantitative estimate of drug-likeness (QED) is 0.668. The van der Waals surface area contributed by atoms with E-state index in [0.29, 0.717) is 19.0 Å². The second-order valence-corrected chi connectivity index (χ2v) is 4.26. The van der Waals surface area contributed by atoms with Crippen LogP contribution in [0.5, 0.6) is 0 Å². The van der Waals surface area contributed by atoms with Gasteiger partial charge in [0.25, 0.3) is 5.95 Å². The minimum absolute atomic E-state index is 0.0659. The maximum absolute atomic E-state index is 11.6. The number of nitrogens with zero attached hydrogens (tertiary/aromatic N) is 7. The zero-order valence-corrected chi connectivity index (χ0v) is 10.6. The number of rotatable bonds is 2. The largest absolute Gasteiger partial charge is 0.368 e. The third kappa shape index (κ3) is 2.48. The average molecular weight is 275 g/mol. The second-order valence-electron chi connectivity index (χ2n) is 4.26. The molecule has 2 aromatic heterocycles. The minimum atomic E-state index is -0.0659. The predicted octanol–water partition coefficient (Wildman–Crippen LogP) is -1.64. The van der Waals surface area contributed by atoms with Crippen LogP contribution in [0.25, 0.3) is 5.95 Å². The monoisotopic (exact) mass is 275 g/mol. The SMILES string of the molecule is Nc1nc(N2CCCNC(=O)C2)nc(-n2cncn2)n1. The number of nitrogens with two attached hydrogens (primary N) is 1. The molecule has 1 aliphatic rings. The third-order valence-corrected chi connectivity index (χ3v) is 2.80. The van der Waals surface area contributed by atoms with E-state index in [9.17, 15) is 4.79 Å². The maximum Gasteiger partial charge on any atom is 0.258 e. The molecule has 2 aromatic rings. The highest BCUT2D eigenvalue weighted by Crippen LogP contribution is 2.12. The number of anilines is 2. The topological polar surface area (TPSA) is 128 Å². The summed E-state index contributed by atoms with van der Waals surface area (Å²) in [5.74, 6) is 0.642. The standard InChI is InChI=1S/C10H13N9O/c11-8-15-9(18-3-1-2-13-7(20)4-18)17-10(16-8)19-6-12-5-14-19/h5-6H,1-4H2,(H,13,20)(H2,11,15,16,17). The van der Waals surface area contributed by atoms with Crippen LogP contribution in [0.2, 0.25) is 0 Å². The highest BCUT2D eigenvalue weighted by Gasteiger charge is 2.19. The zero-order chi connectivity index (χ0) is 13.9. The van der Waals surface area contributed by atoms with Gasteiger partial charge in [0.15, 0.2) is 0 Å². The van der Waals surface area contributed by atoms with Crippen LogP contribution in [-0.2, 0) is 4.79 Å². The van der Waals surface area contributed by atoms with Crippen LogP contribution in [-0.4, -0.2) is 55.3 Å². The van der Waals surface area contributed by atoms with Crippen molar-refractivity contribution in [3.8, 4) is 5.95 Å². The van der Waals surface area contributed by atoms with Gasteiger partial charge in [-0.2, -0.15) is 24.7 Å². The minimum Gasteiger partial charge on any atom is -0.368 e. The number of hydrogen-bond acceptors (Lipinski definition) is 8. The molecule has 0 aliphatic carbocycles. The fourth-order valence-electron chi connectivity index (χ4n) is 1.90.